The van der Waals surface area contributed by atoms with Crippen molar-refractivity contribution < 1.29 is 4.42 Å². The van der Waals surface area contributed by atoms with Gasteiger partial charge in [0, 0.05) is 37.0 Å². The van der Waals surface area contributed by atoms with Crippen molar-refractivity contribution in [2.75, 3.05) is 13.1 Å². The van der Waals surface area contributed by atoms with E-state index >= 15 is 0 Å². The maximum atomic E-state index is 5.59. The first-order valence-electron chi connectivity index (χ1n) is 9.18. The summed E-state index contributed by atoms with van der Waals surface area (Å²) in [4.78, 5) is 13.4. The number of guanidine groups is 1. The van der Waals surface area contributed by atoms with Gasteiger partial charge in [-0.05, 0) is 38.1 Å². The summed E-state index contributed by atoms with van der Waals surface area (Å²) < 4.78 is 5.59. The van der Waals surface area contributed by atoms with Gasteiger partial charge in [0.05, 0.1) is 6.54 Å². The summed E-state index contributed by atoms with van der Waals surface area (Å²) in [5.74, 6) is 1.38. The van der Waals surface area contributed by atoms with Gasteiger partial charge in [-0.3, -0.25) is 4.98 Å². The zero-order valence-electron chi connectivity index (χ0n) is 15.8. The fourth-order valence-electron chi connectivity index (χ4n) is 2.57. The fraction of sp³-hybridized carbons (Fsp3) is 0.286. The first-order valence-corrected chi connectivity index (χ1v) is 9.18. The van der Waals surface area contributed by atoms with Crippen LogP contribution in [-0.2, 0) is 13.0 Å². The van der Waals surface area contributed by atoms with Crippen molar-refractivity contribution in [1.29, 1.82) is 0 Å². The molecule has 6 heteroatoms. The van der Waals surface area contributed by atoms with Crippen LogP contribution in [0.5, 0.6) is 0 Å². The van der Waals surface area contributed by atoms with Crippen molar-refractivity contribution in [2.24, 2.45) is 4.99 Å². The maximum absolute atomic E-state index is 5.59. The van der Waals surface area contributed by atoms with Gasteiger partial charge in [-0.2, -0.15) is 0 Å². The van der Waals surface area contributed by atoms with Crippen molar-refractivity contribution >= 4 is 5.96 Å². The molecule has 27 heavy (non-hydrogen) atoms. The molecule has 2 aromatic heterocycles. The van der Waals surface area contributed by atoms with Gasteiger partial charge in [0.1, 0.15) is 12.0 Å². The lowest BCUT2D eigenvalue weighted by Crippen LogP contribution is -2.38. The molecular formula is C21H25N5O. The molecule has 0 saturated heterocycles. The van der Waals surface area contributed by atoms with Crippen LogP contribution >= 0.6 is 0 Å². The molecule has 0 spiro atoms. The van der Waals surface area contributed by atoms with E-state index in [4.69, 9.17) is 4.42 Å². The smallest absolute Gasteiger partial charge is 0.226 e. The summed E-state index contributed by atoms with van der Waals surface area (Å²) >= 11 is 0. The number of nitrogens with zero attached hydrogens (tertiary/aromatic N) is 3. The molecule has 0 atom stereocenters. The minimum Gasteiger partial charge on any atom is -0.444 e. The number of aromatic nitrogens is 2. The lowest BCUT2D eigenvalue weighted by atomic mass is 10.1. The number of hydrogen-bond acceptors (Lipinski definition) is 4. The molecule has 2 heterocycles. The van der Waals surface area contributed by atoms with Crippen molar-refractivity contribution in [3.8, 4) is 11.5 Å². The highest BCUT2D eigenvalue weighted by atomic mass is 16.3. The zero-order chi connectivity index (χ0) is 18.9. The first kappa shape index (κ1) is 18.6. The molecule has 6 nitrogen and oxygen atoms in total. The summed E-state index contributed by atoms with van der Waals surface area (Å²) in [7, 11) is 0. The number of benzene rings is 1. The molecule has 0 saturated carbocycles. The van der Waals surface area contributed by atoms with Crippen LogP contribution in [-0.4, -0.2) is 29.0 Å². The Kier molecular flexibility index (Phi) is 6.57. The minimum atomic E-state index is 0.453. The summed E-state index contributed by atoms with van der Waals surface area (Å²) in [5.41, 5.74) is 4.03. The Labute approximate surface area is 159 Å². The zero-order valence-corrected chi connectivity index (χ0v) is 15.8. The molecule has 0 aliphatic carbocycles. The number of hydrogen-bond donors (Lipinski definition) is 2. The van der Waals surface area contributed by atoms with E-state index in [-0.39, 0.29) is 0 Å². The Morgan fingerprint density at radius 2 is 1.93 bits per heavy atom. The Hall–Kier alpha value is -3.15. The highest BCUT2D eigenvalue weighted by Gasteiger charge is 2.07. The second-order valence-electron chi connectivity index (χ2n) is 6.20. The summed E-state index contributed by atoms with van der Waals surface area (Å²) in [5, 5.41) is 6.57. The predicted octanol–water partition coefficient (Wildman–Crippen LogP) is 3.34. The molecule has 140 valence electrons. The molecule has 0 bridgehead atoms. The van der Waals surface area contributed by atoms with Crippen LogP contribution in [0.1, 0.15) is 23.9 Å². The first-order chi connectivity index (χ1) is 13.2. The van der Waals surface area contributed by atoms with E-state index in [2.05, 4.69) is 32.5 Å². The molecule has 2 N–H and O–H groups in total. The number of aryl methyl sites for hydroxylation is 1. The van der Waals surface area contributed by atoms with Gasteiger partial charge < -0.3 is 15.1 Å². The van der Waals surface area contributed by atoms with E-state index in [0.29, 0.717) is 12.4 Å². The maximum Gasteiger partial charge on any atom is 0.226 e. The second kappa shape index (κ2) is 9.52. The van der Waals surface area contributed by atoms with Crippen molar-refractivity contribution in [1.82, 2.24) is 20.6 Å². The van der Waals surface area contributed by atoms with Crippen LogP contribution < -0.4 is 10.6 Å². The van der Waals surface area contributed by atoms with E-state index in [9.17, 15) is 0 Å². The number of pyridine rings is 1. The van der Waals surface area contributed by atoms with Crippen LogP contribution in [0, 0.1) is 6.92 Å². The average Bonchev–Trinajstić information content (AvgIpc) is 3.16. The number of rotatable bonds is 7. The van der Waals surface area contributed by atoms with Crippen LogP contribution in [0.4, 0.5) is 0 Å². The third-order valence-electron chi connectivity index (χ3n) is 3.99. The molecule has 3 aromatic rings. The van der Waals surface area contributed by atoms with Crippen LogP contribution in [0.3, 0.4) is 0 Å². The van der Waals surface area contributed by atoms with E-state index in [1.165, 1.54) is 5.56 Å². The van der Waals surface area contributed by atoms with Gasteiger partial charge in [0.25, 0.3) is 0 Å². The highest BCUT2D eigenvalue weighted by molar-refractivity contribution is 5.79. The summed E-state index contributed by atoms with van der Waals surface area (Å²) in [6.45, 7) is 6.11. The fourth-order valence-corrected chi connectivity index (χ4v) is 2.57. The number of aliphatic imine (C=N–C) groups is 1. The lowest BCUT2D eigenvalue weighted by Gasteiger charge is -2.10. The van der Waals surface area contributed by atoms with Gasteiger partial charge in [-0.25, -0.2) is 9.98 Å². The van der Waals surface area contributed by atoms with E-state index in [1.807, 2.05) is 55.6 Å². The second-order valence-corrected chi connectivity index (χ2v) is 6.20. The molecule has 0 fully saturated rings. The minimum absolute atomic E-state index is 0.453. The molecule has 0 aliphatic rings. The molecule has 0 radical (unpaired) electrons. The van der Waals surface area contributed by atoms with Gasteiger partial charge in [-0.1, -0.05) is 23.8 Å². The van der Waals surface area contributed by atoms with Gasteiger partial charge >= 0.3 is 0 Å². The van der Waals surface area contributed by atoms with Crippen molar-refractivity contribution in [3.05, 3.63) is 71.9 Å². The molecule has 1 aromatic carbocycles. The average molecular weight is 363 g/mol. The molecule has 0 unspecified atom stereocenters. The third-order valence-corrected chi connectivity index (χ3v) is 3.99. The number of oxazole rings is 1. The van der Waals surface area contributed by atoms with E-state index in [0.717, 1.165) is 42.4 Å². The highest BCUT2D eigenvalue weighted by Crippen LogP contribution is 2.19. The SMILES string of the molecule is CCNC(=NCc1coc(-c2ccc(C)cc2)n1)NCCc1ccccn1. The topological polar surface area (TPSA) is 75.3 Å². The Morgan fingerprint density at radius 1 is 1.07 bits per heavy atom. The molecule has 3 rings (SSSR count). The Balaban J connectivity index is 1.57. The van der Waals surface area contributed by atoms with Crippen LogP contribution in [0.25, 0.3) is 11.5 Å². The Morgan fingerprint density at radius 3 is 2.67 bits per heavy atom. The predicted molar refractivity (Wildman–Crippen MR) is 107 cm³/mol. The van der Waals surface area contributed by atoms with Gasteiger partial charge in [0.15, 0.2) is 5.96 Å². The van der Waals surface area contributed by atoms with Crippen LogP contribution in [0.15, 0.2) is 64.3 Å². The largest absolute Gasteiger partial charge is 0.444 e. The van der Waals surface area contributed by atoms with Gasteiger partial charge in [-0.15, -0.1) is 0 Å². The Bertz CT molecular complexity index is 856. The third kappa shape index (κ3) is 5.67. The van der Waals surface area contributed by atoms with Crippen LogP contribution in [0.2, 0.25) is 0 Å². The van der Waals surface area contributed by atoms with E-state index < -0.39 is 0 Å². The molecule has 0 aliphatic heterocycles. The lowest BCUT2D eigenvalue weighted by molar-refractivity contribution is 0.572. The monoisotopic (exact) mass is 363 g/mol. The summed E-state index contributed by atoms with van der Waals surface area (Å²) in [6, 6.07) is 14.1. The number of nitrogens with one attached hydrogen (secondary N) is 2. The standard InChI is InChI=1S/C21H25N5O/c1-3-22-21(24-13-11-18-6-4-5-12-23-18)25-14-19-15-27-20(26-19)17-9-7-16(2)8-10-17/h4-10,12,15H,3,11,13-14H2,1-2H3,(H2,22,24,25). The summed E-state index contributed by atoms with van der Waals surface area (Å²) in [6.07, 6.45) is 4.31. The molecular weight excluding hydrogens is 338 g/mol. The van der Waals surface area contributed by atoms with Gasteiger partial charge in [0.2, 0.25) is 5.89 Å². The molecule has 0 amide bonds. The van der Waals surface area contributed by atoms with Crippen molar-refractivity contribution in [2.45, 2.75) is 26.8 Å². The van der Waals surface area contributed by atoms with E-state index in [1.54, 1.807) is 6.26 Å². The normalized spacial score (nSPS) is 11.4. The quantitative estimate of drug-likeness (QED) is 0.497. The van der Waals surface area contributed by atoms with Crippen molar-refractivity contribution in [3.63, 3.8) is 0 Å².